The van der Waals surface area contributed by atoms with Crippen LogP contribution in [0.25, 0.3) is 0 Å². The van der Waals surface area contributed by atoms with Crippen molar-refractivity contribution in [2.45, 2.75) is 72.2 Å². The zero-order valence-electron chi connectivity index (χ0n) is 15.2. The lowest BCUT2D eigenvalue weighted by molar-refractivity contribution is -0.144. The first-order valence-electron chi connectivity index (χ1n) is 7.82. The Morgan fingerprint density at radius 2 is 1.82 bits per heavy atom. The molecule has 0 saturated carbocycles. The summed E-state index contributed by atoms with van der Waals surface area (Å²) in [6, 6.07) is 0. The maximum absolute atomic E-state index is 12.6. The van der Waals surface area contributed by atoms with Gasteiger partial charge in [0.15, 0.2) is 8.32 Å². The SMILES string of the molecule is C/C1=C/C(=O)OCC(C)(C)C(=O)C[C@@H]1O[Si](C)(C)C(C)(C)C. The second kappa shape index (κ2) is 6.28. The Labute approximate surface area is 135 Å². The Morgan fingerprint density at radius 3 is 2.32 bits per heavy atom. The molecule has 0 radical (unpaired) electrons. The van der Waals surface area contributed by atoms with E-state index in [4.69, 9.17) is 9.16 Å². The van der Waals surface area contributed by atoms with Crippen LogP contribution in [0.15, 0.2) is 11.6 Å². The number of Topliss-reactive ketones (excluding diaryl/α,β-unsaturated/α-hetero) is 1. The van der Waals surface area contributed by atoms with E-state index >= 15 is 0 Å². The van der Waals surface area contributed by atoms with E-state index in [2.05, 4.69) is 33.9 Å². The van der Waals surface area contributed by atoms with Crippen LogP contribution in [0.1, 0.15) is 48.0 Å². The number of ether oxygens (including phenoxy) is 1. The Hall–Kier alpha value is -0.943. The summed E-state index contributed by atoms with van der Waals surface area (Å²) in [4.78, 5) is 24.4. The minimum Gasteiger partial charge on any atom is -0.461 e. The molecule has 0 unspecified atom stereocenters. The highest BCUT2D eigenvalue weighted by Crippen LogP contribution is 2.39. The molecule has 0 aliphatic carbocycles. The van der Waals surface area contributed by atoms with Gasteiger partial charge in [-0.15, -0.1) is 0 Å². The highest BCUT2D eigenvalue weighted by Gasteiger charge is 2.41. The van der Waals surface area contributed by atoms with Crippen LogP contribution < -0.4 is 0 Å². The maximum Gasteiger partial charge on any atom is 0.330 e. The smallest absolute Gasteiger partial charge is 0.330 e. The molecule has 22 heavy (non-hydrogen) atoms. The van der Waals surface area contributed by atoms with Crippen LogP contribution in [0, 0.1) is 5.41 Å². The first kappa shape index (κ1) is 19.1. The molecule has 1 rings (SSSR count). The molecule has 0 bridgehead atoms. The lowest BCUT2D eigenvalue weighted by atomic mass is 9.85. The van der Waals surface area contributed by atoms with E-state index in [1.807, 2.05) is 20.8 Å². The Balaban J connectivity index is 3.12. The molecule has 0 fully saturated rings. The van der Waals surface area contributed by atoms with Gasteiger partial charge in [-0.1, -0.05) is 20.8 Å². The Bertz CT molecular complexity index is 483. The zero-order valence-corrected chi connectivity index (χ0v) is 16.2. The summed E-state index contributed by atoms with van der Waals surface area (Å²) >= 11 is 0. The summed E-state index contributed by atoms with van der Waals surface area (Å²) in [6.07, 6.45) is 1.41. The molecule has 5 heteroatoms. The normalized spacial score (nSPS) is 26.4. The van der Waals surface area contributed by atoms with Crippen LogP contribution in [0.2, 0.25) is 18.1 Å². The van der Waals surface area contributed by atoms with Crippen molar-refractivity contribution in [3.8, 4) is 0 Å². The molecule has 1 atom stereocenters. The molecule has 0 aromatic carbocycles. The Morgan fingerprint density at radius 1 is 1.27 bits per heavy atom. The average Bonchev–Trinajstić information content (AvgIpc) is 2.35. The number of carbonyl (C=O) groups excluding carboxylic acids is 2. The van der Waals surface area contributed by atoms with E-state index in [9.17, 15) is 9.59 Å². The number of ketones is 1. The molecule has 0 saturated heterocycles. The number of cyclic esters (lactones) is 1. The summed E-state index contributed by atoms with van der Waals surface area (Å²) in [5, 5.41) is 0.0464. The standard InChI is InChI=1S/C17H30O4Si/c1-12-9-15(19)20-11-17(5,6)14(18)10-13(12)21-22(7,8)16(2,3)4/h9,13H,10-11H2,1-8H3/b12-9-/t13-/m0/s1. The number of hydrogen-bond acceptors (Lipinski definition) is 4. The van der Waals surface area contributed by atoms with Crippen molar-refractivity contribution in [3.63, 3.8) is 0 Å². The van der Waals surface area contributed by atoms with Gasteiger partial charge in [0.2, 0.25) is 0 Å². The van der Waals surface area contributed by atoms with E-state index in [0.717, 1.165) is 5.57 Å². The maximum atomic E-state index is 12.6. The number of esters is 1. The molecule has 1 heterocycles. The fourth-order valence-corrected chi connectivity index (χ4v) is 3.26. The van der Waals surface area contributed by atoms with E-state index in [-0.39, 0.29) is 23.5 Å². The second-order valence-corrected chi connectivity index (χ2v) is 13.1. The summed E-state index contributed by atoms with van der Waals surface area (Å²) < 4.78 is 11.6. The van der Waals surface area contributed by atoms with Crippen molar-refractivity contribution < 1.29 is 18.8 Å². The summed E-state index contributed by atoms with van der Waals surface area (Å²) in [5.74, 6) is -0.331. The van der Waals surface area contributed by atoms with Crippen molar-refractivity contribution in [1.29, 1.82) is 0 Å². The molecule has 0 aromatic rings. The van der Waals surface area contributed by atoms with Crippen LogP contribution in [0.5, 0.6) is 0 Å². The highest BCUT2D eigenvalue weighted by atomic mass is 28.4. The molecule has 0 amide bonds. The van der Waals surface area contributed by atoms with Gasteiger partial charge < -0.3 is 9.16 Å². The van der Waals surface area contributed by atoms with Gasteiger partial charge in [0.1, 0.15) is 12.4 Å². The average molecular weight is 327 g/mol. The van der Waals surface area contributed by atoms with Gasteiger partial charge in [-0.2, -0.15) is 0 Å². The topological polar surface area (TPSA) is 52.6 Å². The quantitative estimate of drug-likeness (QED) is 0.571. The first-order valence-corrected chi connectivity index (χ1v) is 10.7. The molecule has 0 aromatic heterocycles. The van der Waals surface area contributed by atoms with Gasteiger partial charge in [0.05, 0.1) is 11.5 Å². The monoisotopic (exact) mass is 326 g/mol. The summed E-state index contributed by atoms with van der Waals surface area (Å²) in [7, 11) is -2.03. The number of hydrogen-bond donors (Lipinski definition) is 0. The second-order valence-electron chi connectivity index (χ2n) is 8.37. The van der Waals surface area contributed by atoms with Crippen LogP contribution in [-0.2, 0) is 18.8 Å². The lowest BCUT2D eigenvalue weighted by Crippen LogP contribution is -2.45. The molecular weight excluding hydrogens is 296 g/mol. The van der Waals surface area contributed by atoms with Crippen molar-refractivity contribution in [1.82, 2.24) is 0 Å². The van der Waals surface area contributed by atoms with Crippen LogP contribution in [0.3, 0.4) is 0 Å². The molecule has 4 nitrogen and oxygen atoms in total. The highest BCUT2D eigenvalue weighted by molar-refractivity contribution is 6.74. The number of rotatable bonds is 2. The zero-order chi connectivity index (χ0) is 17.3. The van der Waals surface area contributed by atoms with Gasteiger partial charge in [0.25, 0.3) is 0 Å². The molecule has 1 aliphatic heterocycles. The fourth-order valence-electron chi connectivity index (χ4n) is 1.93. The van der Waals surface area contributed by atoms with Gasteiger partial charge in [-0.3, -0.25) is 4.79 Å². The number of carbonyl (C=O) groups is 2. The van der Waals surface area contributed by atoms with E-state index < -0.39 is 19.7 Å². The first-order chi connectivity index (χ1) is 9.76. The van der Waals surface area contributed by atoms with Crippen molar-refractivity contribution in [3.05, 3.63) is 11.6 Å². The third-order valence-corrected chi connectivity index (χ3v) is 9.28. The van der Waals surface area contributed by atoms with Gasteiger partial charge >= 0.3 is 5.97 Å². The summed E-state index contributed by atoms with van der Waals surface area (Å²) in [6.45, 7) is 16.4. The Kier molecular flexibility index (Phi) is 5.45. The molecule has 0 spiro atoms. The van der Waals surface area contributed by atoms with Crippen molar-refractivity contribution >= 4 is 20.1 Å². The van der Waals surface area contributed by atoms with Crippen molar-refractivity contribution in [2.75, 3.05) is 6.61 Å². The van der Waals surface area contributed by atoms with Gasteiger partial charge in [-0.05, 0) is 44.5 Å². The molecule has 0 N–H and O–H groups in total. The van der Waals surface area contributed by atoms with E-state index in [1.165, 1.54) is 6.08 Å². The molecule has 1 aliphatic rings. The fraction of sp³-hybridized carbons (Fsp3) is 0.765. The molecular formula is C17H30O4Si. The minimum absolute atomic E-state index is 0.0464. The van der Waals surface area contributed by atoms with Crippen LogP contribution in [0.4, 0.5) is 0 Å². The lowest BCUT2D eigenvalue weighted by Gasteiger charge is -2.39. The summed E-state index contributed by atoms with van der Waals surface area (Å²) in [5.41, 5.74) is 0.0873. The van der Waals surface area contributed by atoms with Crippen LogP contribution in [-0.4, -0.2) is 32.8 Å². The third kappa shape index (κ3) is 4.52. The van der Waals surface area contributed by atoms with Gasteiger partial charge in [0, 0.05) is 12.5 Å². The third-order valence-electron chi connectivity index (χ3n) is 4.80. The largest absolute Gasteiger partial charge is 0.461 e. The van der Waals surface area contributed by atoms with E-state index in [1.54, 1.807) is 0 Å². The minimum atomic E-state index is -2.03. The predicted molar refractivity (Wildman–Crippen MR) is 90.2 cm³/mol. The van der Waals surface area contributed by atoms with Gasteiger partial charge in [-0.25, -0.2) is 4.79 Å². The van der Waals surface area contributed by atoms with Crippen LogP contribution >= 0.6 is 0 Å². The predicted octanol–water partition coefficient (Wildman–Crippen LogP) is 3.87. The van der Waals surface area contributed by atoms with E-state index in [0.29, 0.717) is 6.42 Å². The van der Waals surface area contributed by atoms with Crippen molar-refractivity contribution in [2.24, 2.45) is 5.41 Å². The molecule has 126 valence electrons.